The van der Waals surface area contributed by atoms with Crippen LogP contribution >= 0.6 is 0 Å². The fourth-order valence-corrected chi connectivity index (χ4v) is 3.04. The number of benzene rings is 1. The first kappa shape index (κ1) is 17.0. The molecular weight excluding hydrogens is 314 g/mol. The highest BCUT2D eigenvalue weighted by atomic mass is 16.1. The molecule has 1 fully saturated rings. The summed E-state index contributed by atoms with van der Waals surface area (Å²) in [5, 5.41) is 7.42. The van der Waals surface area contributed by atoms with Gasteiger partial charge >= 0.3 is 0 Å². The van der Waals surface area contributed by atoms with Gasteiger partial charge in [-0.3, -0.25) is 10.2 Å². The Morgan fingerprint density at radius 3 is 2.24 bits per heavy atom. The lowest BCUT2D eigenvalue weighted by Crippen LogP contribution is -2.46. The highest BCUT2D eigenvalue weighted by Gasteiger charge is 2.18. The normalized spacial score (nSPS) is 14.4. The topological polar surface area (TPSA) is 86.3 Å². The smallest absolute Gasteiger partial charge is 0.134 e. The minimum absolute atomic E-state index is 0.0390. The average molecular weight is 337 g/mol. The Morgan fingerprint density at radius 2 is 1.72 bits per heavy atom. The van der Waals surface area contributed by atoms with Crippen molar-refractivity contribution in [2.45, 2.75) is 13.3 Å². The van der Waals surface area contributed by atoms with Crippen molar-refractivity contribution in [1.82, 2.24) is 4.98 Å². The molecule has 1 aliphatic heterocycles. The number of Topliss-reactive ketones (excluding diaryl/α,β-unsaturated/α-hetero) is 1. The Morgan fingerprint density at radius 1 is 1.08 bits per heavy atom. The first-order chi connectivity index (χ1) is 12.0. The molecule has 0 unspecified atom stereocenters. The van der Waals surface area contributed by atoms with Crippen LogP contribution in [-0.2, 0) is 11.2 Å². The van der Waals surface area contributed by atoms with Crippen molar-refractivity contribution in [3.8, 4) is 0 Å². The molecule has 3 N–H and O–H groups in total. The van der Waals surface area contributed by atoms with E-state index in [9.17, 15) is 4.79 Å². The predicted molar refractivity (Wildman–Crippen MR) is 101 cm³/mol. The van der Waals surface area contributed by atoms with Gasteiger partial charge in [-0.05, 0) is 36.8 Å². The van der Waals surface area contributed by atoms with Crippen molar-refractivity contribution in [2.75, 3.05) is 36.0 Å². The number of carbonyl (C=O) groups is 1. The standard InChI is InChI=1S/C19H23N5O/c1-14(25)12-15-2-5-17(6-3-15)23-8-10-24(11-9-23)18-7-4-16(13-22-18)19(20)21/h2-7,13H,8-12H2,1H3,(H3,20,21). The van der Waals surface area contributed by atoms with Crippen LogP contribution in [0, 0.1) is 5.41 Å². The molecule has 3 rings (SSSR count). The van der Waals surface area contributed by atoms with Gasteiger partial charge in [0.2, 0.25) is 0 Å². The van der Waals surface area contributed by atoms with Crippen molar-refractivity contribution in [2.24, 2.45) is 5.73 Å². The molecule has 1 aromatic heterocycles. The van der Waals surface area contributed by atoms with E-state index in [1.807, 2.05) is 24.3 Å². The van der Waals surface area contributed by atoms with Crippen LogP contribution in [0.2, 0.25) is 0 Å². The molecule has 2 aromatic rings. The average Bonchev–Trinajstić information content (AvgIpc) is 2.62. The van der Waals surface area contributed by atoms with Crippen LogP contribution in [0.5, 0.6) is 0 Å². The first-order valence-corrected chi connectivity index (χ1v) is 8.41. The molecule has 0 spiro atoms. The van der Waals surface area contributed by atoms with Crippen molar-refractivity contribution < 1.29 is 4.79 Å². The summed E-state index contributed by atoms with van der Waals surface area (Å²) in [5.74, 6) is 1.14. The van der Waals surface area contributed by atoms with E-state index in [2.05, 4.69) is 26.9 Å². The molecular formula is C19H23N5O. The van der Waals surface area contributed by atoms with E-state index < -0.39 is 0 Å². The summed E-state index contributed by atoms with van der Waals surface area (Å²) < 4.78 is 0. The van der Waals surface area contributed by atoms with Crippen LogP contribution in [0.1, 0.15) is 18.1 Å². The molecule has 1 saturated heterocycles. The number of ketones is 1. The SMILES string of the molecule is CC(=O)Cc1ccc(N2CCN(c3ccc(C(=N)N)cn3)CC2)cc1. The van der Waals surface area contributed by atoms with Gasteiger partial charge in [-0.1, -0.05) is 12.1 Å². The summed E-state index contributed by atoms with van der Waals surface area (Å²) in [4.78, 5) is 20.2. The summed E-state index contributed by atoms with van der Waals surface area (Å²) in [7, 11) is 0. The van der Waals surface area contributed by atoms with E-state index in [-0.39, 0.29) is 11.6 Å². The van der Waals surface area contributed by atoms with E-state index in [1.165, 1.54) is 5.69 Å². The first-order valence-electron chi connectivity index (χ1n) is 8.41. The van der Waals surface area contributed by atoms with Crippen LogP contribution in [0.25, 0.3) is 0 Å². The van der Waals surface area contributed by atoms with Crippen LogP contribution in [-0.4, -0.2) is 42.8 Å². The van der Waals surface area contributed by atoms with Gasteiger partial charge in [-0.15, -0.1) is 0 Å². The van der Waals surface area contributed by atoms with Crippen LogP contribution < -0.4 is 15.5 Å². The lowest BCUT2D eigenvalue weighted by Gasteiger charge is -2.36. The lowest BCUT2D eigenvalue weighted by molar-refractivity contribution is -0.116. The zero-order valence-electron chi connectivity index (χ0n) is 14.4. The molecule has 0 bridgehead atoms. The van der Waals surface area contributed by atoms with E-state index >= 15 is 0 Å². The summed E-state index contributed by atoms with van der Waals surface area (Å²) in [5.41, 5.74) is 8.36. The summed E-state index contributed by atoms with van der Waals surface area (Å²) in [6.45, 7) is 5.23. The number of amidine groups is 1. The van der Waals surface area contributed by atoms with Gasteiger partial charge in [-0.2, -0.15) is 0 Å². The van der Waals surface area contributed by atoms with Gasteiger partial charge in [0.1, 0.15) is 17.4 Å². The Balaban J connectivity index is 1.59. The van der Waals surface area contributed by atoms with Gasteiger partial charge in [0, 0.05) is 50.0 Å². The van der Waals surface area contributed by atoms with Crippen molar-refractivity contribution in [3.63, 3.8) is 0 Å². The van der Waals surface area contributed by atoms with E-state index in [0.29, 0.717) is 12.0 Å². The maximum atomic E-state index is 11.2. The third-order valence-electron chi connectivity index (χ3n) is 4.42. The minimum Gasteiger partial charge on any atom is -0.384 e. The molecule has 6 heteroatoms. The molecule has 25 heavy (non-hydrogen) atoms. The molecule has 1 aromatic carbocycles. The van der Waals surface area contributed by atoms with Crippen molar-refractivity contribution in [3.05, 3.63) is 53.7 Å². The van der Waals surface area contributed by atoms with Crippen LogP contribution in [0.3, 0.4) is 0 Å². The second kappa shape index (κ2) is 7.34. The number of aromatic nitrogens is 1. The van der Waals surface area contributed by atoms with Crippen LogP contribution in [0.4, 0.5) is 11.5 Å². The molecule has 2 heterocycles. The number of carbonyl (C=O) groups excluding carboxylic acids is 1. The third kappa shape index (κ3) is 4.15. The molecule has 0 amide bonds. The number of anilines is 2. The maximum absolute atomic E-state index is 11.2. The number of pyridine rings is 1. The fraction of sp³-hybridized carbons (Fsp3) is 0.316. The van der Waals surface area contributed by atoms with E-state index in [4.69, 9.17) is 11.1 Å². The van der Waals surface area contributed by atoms with Crippen molar-refractivity contribution in [1.29, 1.82) is 5.41 Å². The second-order valence-corrected chi connectivity index (χ2v) is 6.34. The fourth-order valence-electron chi connectivity index (χ4n) is 3.04. The monoisotopic (exact) mass is 337 g/mol. The minimum atomic E-state index is 0.0390. The Hall–Kier alpha value is -2.89. The number of nitrogens with one attached hydrogen (secondary N) is 1. The van der Waals surface area contributed by atoms with Gasteiger partial charge in [0.15, 0.2) is 0 Å². The zero-order valence-corrected chi connectivity index (χ0v) is 14.4. The van der Waals surface area contributed by atoms with E-state index in [0.717, 1.165) is 37.6 Å². The number of nitrogens with two attached hydrogens (primary N) is 1. The Kier molecular flexibility index (Phi) is 4.97. The quantitative estimate of drug-likeness (QED) is 0.642. The molecule has 0 atom stereocenters. The maximum Gasteiger partial charge on any atom is 0.134 e. The summed E-state index contributed by atoms with van der Waals surface area (Å²) >= 11 is 0. The van der Waals surface area contributed by atoms with Gasteiger partial charge in [-0.25, -0.2) is 4.98 Å². The highest BCUT2D eigenvalue weighted by molar-refractivity contribution is 5.94. The zero-order chi connectivity index (χ0) is 17.8. The Labute approximate surface area is 147 Å². The summed E-state index contributed by atoms with van der Waals surface area (Å²) in [6, 6.07) is 12.0. The number of rotatable bonds is 5. The number of hydrogen-bond donors (Lipinski definition) is 2. The third-order valence-corrected chi connectivity index (χ3v) is 4.42. The number of nitrogens with zero attached hydrogens (tertiary/aromatic N) is 3. The summed E-state index contributed by atoms with van der Waals surface area (Å²) in [6.07, 6.45) is 2.15. The molecule has 1 aliphatic rings. The number of hydrogen-bond acceptors (Lipinski definition) is 5. The predicted octanol–water partition coefficient (Wildman–Crippen LogP) is 1.82. The second-order valence-electron chi connectivity index (χ2n) is 6.34. The molecule has 0 aliphatic carbocycles. The number of piperazine rings is 1. The van der Waals surface area contributed by atoms with Crippen LogP contribution in [0.15, 0.2) is 42.6 Å². The van der Waals surface area contributed by atoms with Crippen molar-refractivity contribution >= 4 is 23.1 Å². The molecule has 130 valence electrons. The van der Waals surface area contributed by atoms with Gasteiger partial charge in [0.05, 0.1) is 0 Å². The van der Waals surface area contributed by atoms with Gasteiger partial charge in [0.25, 0.3) is 0 Å². The number of nitrogen functional groups attached to an aromatic ring is 1. The largest absolute Gasteiger partial charge is 0.384 e. The highest BCUT2D eigenvalue weighted by Crippen LogP contribution is 2.20. The van der Waals surface area contributed by atoms with Gasteiger partial charge < -0.3 is 15.5 Å². The molecule has 0 radical (unpaired) electrons. The molecule has 6 nitrogen and oxygen atoms in total. The Bertz CT molecular complexity index is 746. The van der Waals surface area contributed by atoms with E-state index in [1.54, 1.807) is 13.1 Å². The lowest BCUT2D eigenvalue weighted by atomic mass is 10.1. The molecule has 0 saturated carbocycles.